The fourth-order valence-corrected chi connectivity index (χ4v) is 1.92. The van der Waals surface area contributed by atoms with E-state index in [0.29, 0.717) is 11.3 Å². The van der Waals surface area contributed by atoms with Crippen molar-refractivity contribution < 1.29 is 14.7 Å². The molecule has 0 radical (unpaired) electrons. The fraction of sp³-hybridized carbons (Fsp3) is 0.267. The van der Waals surface area contributed by atoms with Crippen LogP contribution in [0, 0.1) is 13.8 Å². The van der Waals surface area contributed by atoms with E-state index in [4.69, 9.17) is 0 Å². The van der Waals surface area contributed by atoms with Gasteiger partial charge in [-0.1, -0.05) is 29.8 Å². The second-order valence-electron chi connectivity index (χ2n) is 4.77. The van der Waals surface area contributed by atoms with E-state index < -0.39 is 12.0 Å². The standard InChI is InChI=1S/C15H16N2O3/c1-10-3-5-12(6-4-10)14(18)9-13(15(19)20)17-8-7-11(2)16-17/h3-8,13H,9H2,1-2H3,(H,19,20)/p-1. The number of aromatic nitrogens is 2. The smallest absolute Gasteiger partial charge is 0.165 e. The summed E-state index contributed by atoms with van der Waals surface area (Å²) in [6.07, 6.45) is 1.37. The van der Waals surface area contributed by atoms with Gasteiger partial charge in [-0.05, 0) is 19.9 Å². The topological polar surface area (TPSA) is 75.0 Å². The van der Waals surface area contributed by atoms with E-state index in [1.165, 1.54) is 10.9 Å². The van der Waals surface area contributed by atoms with E-state index >= 15 is 0 Å². The monoisotopic (exact) mass is 271 g/mol. The van der Waals surface area contributed by atoms with Crippen LogP contribution in [0.4, 0.5) is 0 Å². The molecule has 1 atom stereocenters. The van der Waals surface area contributed by atoms with E-state index in [0.717, 1.165) is 5.56 Å². The lowest BCUT2D eigenvalue weighted by molar-refractivity contribution is -0.310. The summed E-state index contributed by atoms with van der Waals surface area (Å²) in [4.78, 5) is 23.3. The van der Waals surface area contributed by atoms with Crippen LogP contribution in [-0.2, 0) is 4.79 Å². The average Bonchev–Trinajstić information content (AvgIpc) is 2.82. The molecule has 1 aromatic heterocycles. The number of carboxylic acid groups (broad SMARTS) is 1. The largest absolute Gasteiger partial charge is 0.548 e. The van der Waals surface area contributed by atoms with E-state index in [9.17, 15) is 14.7 Å². The molecule has 5 heteroatoms. The predicted molar refractivity (Wildman–Crippen MR) is 71.1 cm³/mol. The number of rotatable bonds is 5. The molecule has 20 heavy (non-hydrogen) atoms. The Bertz CT molecular complexity index is 629. The molecule has 1 unspecified atom stereocenters. The van der Waals surface area contributed by atoms with Gasteiger partial charge in [0.15, 0.2) is 5.78 Å². The normalized spacial score (nSPS) is 12.1. The van der Waals surface area contributed by atoms with Crippen LogP contribution >= 0.6 is 0 Å². The first kappa shape index (κ1) is 14.0. The maximum Gasteiger partial charge on any atom is 0.165 e. The summed E-state index contributed by atoms with van der Waals surface area (Å²) in [5.41, 5.74) is 2.23. The number of aliphatic carboxylic acids is 1. The number of hydrogen-bond donors (Lipinski definition) is 0. The van der Waals surface area contributed by atoms with Gasteiger partial charge in [-0.2, -0.15) is 5.10 Å². The highest BCUT2D eigenvalue weighted by atomic mass is 16.4. The minimum absolute atomic E-state index is 0.174. The highest BCUT2D eigenvalue weighted by molar-refractivity contribution is 5.98. The molecule has 1 heterocycles. The lowest BCUT2D eigenvalue weighted by atomic mass is 10.0. The molecule has 2 aromatic rings. The second kappa shape index (κ2) is 5.69. The molecule has 2 rings (SSSR count). The summed E-state index contributed by atoms with van der Waals surface area (Å²) in [5, 5.41) is 15.2. The van der Waals surface area contributed by atoms with Crippen molar-refractivity contribution in [2.75, 3.05) is 0 Å². The summed E-state index contributed by atoms with van der Waals surface area (Å²) in [6.45, 7) is 3.68. The van der Waals surface area contributed by atoms with Crippen molar-refractivity contribution in [1.82, 2.24) is 9.78 Å². The minimum atomic E-state index is -1.31. The van der Waals surface area contributed by atoms with Crippen LogP contribution in [0.3, 0.4) is 0 Å². The van der Waals surface area contributed by atoms with E-state index in [1.807, 2.05) is 19.1 Å². The Balaban J connectivity index is 2.18. The summed E-state index contributed by atoms with van der Waals surface area (Å²) in [7, 11) is 0. The van der Waals surface area contributed by atoms with Gasteiger partial charge in [-0.25, -0.2) is 0 Å². The second-order valence-corrected chi connectivity index (χ2v) is 4.77. The molecule has 0 fully saturated rings. The number of carboxylic acids is 1. The number of aryl methyl sites for hydroxylation is 2. The van der Waals surface area contributed by atoms with E-state index in [1.54, 1.807) is 25.1 Å². The Kier molecular flexibility index (Phi) is 3.98. The first-order valence-corrected chi connectivity index (χ1v) is 6.30. The number of carbonyl (C=O) groups excluding carboxylic acids is 2. The Labute approximate surface area is 116 Å². The number of Topliss-reactive ketones (excluding diaryl/α,β-unsaturated/α-hetero) is 1. The van der Waals surface area contributed by atoms with Crippen LogP contribution in [0.5, 0.6) is 0 Å². The molecule has 0 aliphatic carbocycles. The van der Waals surface area contributed by atoms with Crippen LogP contribution < -0.4 is 5.11 Å². The summed E-state index contributed by atoms with van der Waals surface area (Å²) < 4.78 is 1.26. The van der Waals surface area contributed by atoms with E-state index in [2.05, 4.69) is 5.10 Å². The Morgan fingerprint density at radius 1 is 1.20 bits per heavy atom. The molecule has 0 aliphatic heterocycles. The Hall–Kier alpha value is -2.43. The highest BCUT2D eigenvalue weighted by Crippen LogP contribution is 2.15. The van der Waals surface area contributed by atoms with Crippen molar-refractivity contribution in [2.45, 2.75) is 26.3 Å². The molecular formula is C15H15N2O3-. The van der Waals surface area contributed by atoms with Crippen LogP contribution in [0.25, 0.3) is 0 Å². The lowest BCUT2D eigenvalue weighted by Gasteiger charge is -2.18. The molecule has 5 nitrogen and oxygen atoms in total. The van der Waals surface area contributed by atoms with Crippen molar-refractivity contribution in [3.63, 3.8) is 0 Å². The predicted octanol–water partition coefficient (Wildman–Crippen LogP) is 1.06. The molecular weight excluding hydrogens is 256 g/mol. The SMILES string of the molecule is Cc1ccc(C(=O)CC(C(=O)[O-])n2ccc(C)n2)cc1. The zero-order chi connectivity index (χ0) is 14.7. The van der Waals surface area contributed by atoms with Gasteiger partial charge in [0, 0.05) is 18.2 Å². The van der Waals surface area contributed by atoms with Crippen LogP contribution in [-0.4, -0.2) is 21.5 Å². The maximum atomic E-state index is 12.1. The number of carbonyl (C=O) groups is 2. The molecule has 0 bridgehead atoms. The molecule has 104 valence electrons. The highest BCUT2D eigenvalue weighted by Gasteiger charge is 2.18. The van der Waals surface area contributed by atoms with Crippen molar-refractivity contribution in [3.05, 3.63) is 53.3 Å². The summed E-state index contributed by atoms with van der Waals surface area (Å²) >= 11 is 0. The first-order chi connectivity index (χ1) is 9.47. The van der Waals surface area contributed by atoms with Crippen molar-refractivity contribution in [3.8, 4) is 0 Å². The maximum absolute atomic E-state index is 12.1. The third-order valence-electron chi connectivity index (χ3n) is 3.09. The van der Waals surface area contributed by atoms with Gasteiger partial charge < -0.3 is 9.90 Å². The average molecular weight is 271 g/mol. The first-order valence-electron chi connectivity index (χ1n) is 6.30. The Morgan fingerprint density at radius 2 is 1.85 bits per heavy atom. The number of ketones is 1. The zero-order valence-electron chi connectivity index (χ0n) is 11.4. The summed E-state index contributed by atoms with van der Waals surface area (Å²) in [6, 6.07) is 7.62. The minimum Gasteiger partial charge on any atom is -0.548 e. The van der Waals surface area contributed by atoms with Gasteiger partial charge >= 0.3 is 0 Å². The van der Waals surface area contributed by atoms with Crippen LogP contribution in [0.2, 0.25) is 0 Å². The summed E-state index contributed by atoms with van der Waals surface area (Å²) in [5.74, 6) is -1.55. The van der Waals surface area contributed by atoms with Crippen molar-refractivity contribution in [1.29, 1.82) is 0 Å². The number of nitrogens with zero attached hydrogens (tertiary/aromatic N) is 2. The van der Waals surface area contributed by atoms with Crippen molar-refractivity contribution in [2.24, 2.45) is 0 Å². The van der Waals surface area contributed by atoms with Crippen molar-refractivity contribution >= 4 is 11.8 Å². The van der Waals surface area contributed by atoms with Crippen LogP contribution in [0.15, 0.2) is 36.5 Å². The van der Waals surface area contributed by atoms with E-state index in [-0.39, 0.29) is 12.2 Å². The van der Waals surface area contributed by atoms with Gasteiger partial charge in [-0.3, -0.25) is 9.48 Å². The molecule has 0 spiro atoms. The van der Waals surface area contributed by atoms with Gasteiger partial charge in [-0.15, -0.1) is 0 Å². The molecule has 0 aliphatic rings. The van der Waals surface area contributed by atoms with Gasteiger partial charge in [0.05, 0.1) is 17.7 Å². The molecule has 0 saturated carbocycles. The Morgan fingerprint density at radius 3 is 2.35 bits per heavy atom. The molecule has 1 aromatic carbocycles. The molecule has 0 amide bonds. The molecule has 0 saturated heterocycles. The van der Waals surface area contributed by atoms with Gasteiger partial charge in [0.2, 0.25) is 0 Å². The fourth-order valence-electron chi connectivity index (χ4n) is 1.92. The molecule has 0 N–H and O–H groups in total. The zero-order valence-corrected chi connectivity index (χ0v) is 11.4. The third kappa shape index (κ3) is 3.12. The number of hydrogen-bond acceptors (Lipinski definition) is 4. The van der Waals surface area contributed by atoms with Gasteiger partial charge in [0.1, 0.15) is 0 Å². The lowest BCUT2D eigenvalue weighted by Crippen LogP contribution is -2.35. The van der Waals surface area contributed by atoms with Gasteiger partial charge in [0.25, 0.3) is 0 Å². The third-order valence-corrected chi connectivity index (χ3v) is 3.09. The number of benzene rings is 1. The van der Waals surface area contributed by atoms with Crippen LogP contribution in [0.1, 0.15) is 34.1 Å². The quantitative estimate of drug-likeness (QED) is 0.762.